The minimum Gasteiger partial charge on any atom is -0.380 e. The molecule has 1 unspecified atom stereocenters. The van der Waals surface area contributed by atoms with Gasteiger partial charge < -0.3 is 10.5 Å². The Morgan fingerprint density at radius 3 is 3.12 bits per heavy atom. The van der Waals surface area contributed by atoms with Crippen molar-refractivity contribution in [2.75, 3.05) is 13.2 Å². The summed E-state index contributed by atoms with van der Waals surface area (Å²) in [6.45, 7) is 1.23. The molecular formula is C9H16N4O3S. The highest BCUT2D eigenvalue weighted by atomic mass is 32.2. The van der Waals surface area contributed by atoms with Crippen molar-refractivity contribution in [1.29, 1.82) is 0 Å². The normalized spacial score (nSPS) is 21.6. The second kappa shape index (κ2) is 5.13. The van der Waals surface area contributed by atoms with Gasteiger partial charge in [0.2, 0.25) is 0 Å². The SMILES string of the molecule is NCc1cn[nH]c1S(=O)(=O)NC1CCCOC1. The standard InChI is InChI=1S/C9H16N4O3S/c10-4-7-5-11-12-9(7)17(14,15)13-8-2-1-3-16-6-8/h5,8,13H,1-4,6,10H2,(H,11,12). The van der Waals surface area contributed by atoms with Crippen molar-refractivity contribution < 1.29 is 13.2 Å². The van der Waals surface area contributed by atoms with E-state index in [9.17, 15) is 8.42 Å². The Morgan fingerprint density at radius 2 is 2.47 bits per heavy atom. The summed E-state index contributed by atoms with van der Waals surface area (Å²) < 4.78 is 31.9. The van der Waals surface area contributed by atoms with Crippen LogP contribution in [0.3, 0.4) is 0 Å². The van der Waals surface area contributed by atoms with Gasteiger partial charge in [0.25, 0.3) is 10.0 Å². The lowest BCUT2D eigenvalue weighted by Gasteiger charge is -2.22. The molecule has 1 saturated heterocycles. The molecule has 2 heterocycles. The van der Waals surface area contributed by atoms with Crippen molar-refractivity contribution in [3.63, 3.8) is 0 Å². The Bertz CT molecular complexity index is 464. The predicted octanol–water partition coefficient (Wildman–Crippen LogP) is -0.674. The summed E-state index contributed by atoms with van der Waals surface area (Å²) in [7, 11) is -3.59. The zero-order valence-electron chi connectivity index (χ0n) is 9.35. The zero-order valence-corrected chi connectivity index (χ0v) is 10.2. The van der Waals surface area contributed by atoms with Crippen LogP contribution in [-0.2, 0) is 21.3 Å². The third-order valence-corrected chi connectivity index (χ3v) is 4.18. The molecule has 2 rings (SSSR count). The van der Waals surface area contributed by atoms with E-state index in [1.54, 1.807) is 0 Å². The maximum absolute atomic E-state index is 12.0. The fourth-order valence-electron chi connectivity index (χ4n) is 1.79. The number of sulfonamides is 1. The summed E-state index contributed by atoms with van der Waals surface area (Å²) in [5.41, 5.74) is 5.93. The van der Waals surface area contributed by atoms with Crippen LogP contribution in [0.1, 0.15) is 18.4 Å². The molecule has 1 aromatic heterocycles. The van der Waals surface area contributed by atoms with Gasteiger partial charge in [0.15, 0.2) is 5.03 Å². The van der Waals surface area contributed by atoms with Gasteiger partial charge in [0, 0.05) is 24.8 Å². The molecule has 0 aromatic carbocycles. The highest BCUT2D eigenvalue weighted by molar-refractivity contribution is 7.89. The van der Waals surface area contributed by atoms with Crippen LogP contribution >= 0.6 is 0 Å². The molecule has 0 bridgehead atoms. The van der Waals surface area contributed by atoms with Gasteiger partial charge >= 0.3 is 0 Å². The van der Waals surface area contributed by atoms with E-state index in [4.69, 9.17) is 10.5 Å². The number of ether oxygens (including phenoxy) is 1. The van der Waals surface area contributed by atoms with E-state index in [1.165, 1.54) is 6.20 Å². The third kappa shape index (κ3) is 2.83. The molecule has 1 aromatic rings. The van der Waals surface area contributed by atoms with Crippen molar-refractivity contribution in [1.82, 2.24) is 14.9 Å². The van der Waals surface area contributed by atoms with Crippen LogP contribution in [0.15, 0.2) is 11.2 Å². The number of nitrogens with two attached hydrogens (primary N) is 1. The van der Waals surface area contributed by atoms with E-state index in [1.807, 2.05) is 0 Å². The molecule has 96 valence electrons. The van der Waals surface area contributed by atoms with Gasteiger partial charge in [-0.15, -0.1) is 0 Å². The molecule has 0 amide bonds. The number of aromatic amines is 1. The molecule has 0 radical (unpaired) electrons. The number of nitrogens with one attached hydrogen (secondary N) is 2. The van der Waals surface area contributed by atoms with Gasteiger partial charge in [-0.1, -0.05) is 0 Å². The summed E-state index contributed by atoms with van der Waals surface area (Å²) in [4.78, 5) is 0. The topological polar surface area (TPSA) is 110 Å². The lowest BCUT2D eigenvalue weighted by Crippen LogP contribution is -2.41. The highest BCUT2D eigenvalue weighted by Crippen LogP contribution is 2.14. The molecule has 0 saturated carbocycles. The van der Waals surface area contributed by atoms with Gasteiger partial charge in [0.05, 0.1) is 12.8 Å². The van der Waals surface area contributed by atoms with E-state index in [0.29, 0.717) is 18.8 Å². The minimum atomic E-state index is -3.59. The fraction of sp³-hybridized carbons (Fsp3) is 0.667. The predicted molar refractivity (Wildman–Crippen MR) is 60.6 cm³/mol. The van der Waals surface area contributed by atoms with Crippen LogP contribution in [0.4, 0.5) is 0 Å². The molecule has 8 heteroatoms. The lowest BCUT2D eigenvalue weighted by molar-refractivity contribution is 0.0774. The van der Waals surface area contributed by atoms with E-state index in [-0.39, 0.29) is 17.6 Å². The number of H-pyrrole nitrogens is 1. The molecule has 4 N–H and O–H groups in total. The summed E-state index contributed by atoms with van der Waals surface area (Å²) in [5.74, 6) is 0. The van der Waals surface area contributed by atoms with Gasteiger partial charge in [0.1, 0.15) is 0 Å². The average molecular weight is 260 g/mol. The van der Waals surface area contributed by atoms with Crippen LogP contribution in [0.2, 0.25) is 0 Å². The smallest absolute Gasteiger partial charge is 0.258 e. The second-order valence-corrected chi connectivity index (χ2v) is 5.61. The first-order valence-corrected chi connectivity index (χ1v) is 6.94. The molecule has 0 spiro atoms. The first-order valence-electron chi connectivity index (χ1n) is 5.46. The van der Waals surface area contributed by atoms with Gasteiger partial charge in [-0.05, 0) is 12.8 Å². The number of nitrogens with zero attached hydrogens (tertiary/aromatic N) is 1. The third-order valence-electron chi connectivity index (χ3n) is 2.65. The van der Waals surface area contributed by atoms with Crippen LogP contribution in [0.5, 0.6) is 0 Å². The Labute approximate surface area is 99.8 Å². The molecule has 1 fully saturated rings. The van der Waals surface area contributed by atoms with E-state index >= 15 is 0 Å². The number of rotatable bonds is 4. The number of hydrogen-bond acceptors (Lipinski definition) is 5. The second-order valence-electron chi connectivity index (χ2n) is 3.96. The molecule has 1 aliphatic heterocycles. The first kappa shape index (κ1) is 12.5. The number of aromatic nitrogens is 2. The summed E-state index contributed by atoms with van der Waals surface area (Å²) >= 11 is 0. The maximum atomic E-state index is 12.0. The molecule has 0 aliphatic carbocycles. The Hall–Kier alpha value is -0.960. The molecule has 7 nitrogen and oxygen atoms in total. The lowest BCUT2D eigenvalue weighted by atomic mass is 10.1. The minimum absolute atomic E-state index is 0.0468. The molecule has 1 atom stereocenters. The largest absolute Gasteiger partial charge is 0.380 e. The quantitative estimate of drug-likeness (QED) is 0.664. The van der Waals surface area contributed by atoms with Crippen LogP contribution in [0, 0.1) is 0 Å². The maximum Gasteiger partial charge on any atom is 0.258 e. The van der Waals surface area contributed by atoms with E-state index in [0.717, 1.165) is 12.8 Å². The van der Waals surface area contributed by atoms with Crippen LogP contribution in [-0.4, -0.2) is 37.9 Å². The van der Waals surface area contributed by atoms with Crippen molar-refractivity contribution in [2.45, 2.75) is 30.5 Å². The van der Waals surface area contributed by atoms with Crippen molar-refractivity contribution in [2.24, 2.45) is 5.73 Å². The van der Waals surface area contributed by atoms with E-state index < -0.39 is 10.0 Å². The summed E-state index contributed by atoms with van der Waals surface area (Å²) in [5, 5.41) is 6.21. The number of hydrogen-bond donors (Lipinski definition) is 3. The van der Waals surface area contributed by atoms with Gasteiger partial charge in [-0.2, -0.15) is 5.10 Å². The van der Waals surface area contributed by atoms with Crippen molar-refractivity contribution in [3.05, 3.63) is 11.8 Å². The van der Waals surface area contributed by atoms with E-state index in [2.05, 4.69) is 14.9 Å². The monoisotopic (exact) mass is 260 g/mol. The molecule has 17 heavy (non-hydrogen) atoms. The Morgan fingerprint density at radius 1 is 1.65 bits per heavy atom. The summed E-state index contributed by atoms with van der Waals surface area (Å²) in [6.07, 6.45) is 3.07. The Kier molecular flexibility index (Phi) is 3.77. The zero-order chi connectivity index (χ0) is 12.3. The van der Waals surface area contributed by atoms with Gasteiger partial charge in [-0.25, -0.2) is 13.1 Å². The molecular weight excluding hydrogens is 244 g/mol. The summed E-state index contributed by atoms with van der Waals surface area (Å²) in [6, 6.07) is -0.178. The highest BCUT2D eigenvalue weighted by Gasteiger charge is 2.25. The molecule has 1 aliphatic rings. The van der Waals surface area contributed by atoms with Crippen LogP contribution < -0.4 is 10.5 Å². The average Bonchev–Trinajstić information content (AvgIpc) is 2.78. The van der Waals surface area contributed by atoms with Crippen LogP contribution in [0.25, 0.3) is 0 Å². The van der Waals surface area contributed by atoms with Gasteiger partial charge in [-0.3, -0.25) is 5.10 Å². The van der Waals surface area contributed by atoms with Crippen molar-refractivity contribution in [3.8, 4) is 0 Å². The van der Waals surface area contributed by atoms with Crippen molar-refractivity contribution >= 4 is 10.0 Å². The Balaban J connectivity index is 2.13. The first-order chi connectivity index (χ1) is 8.13. The fourth-order valence-corrected chi connectivity index (χ4v) is 3.19.